The van der Waals surface area contributed by atoms with Gasteiger partial charge < -0.3 is 10.8 Å². The molecule has 0 unspecified atom stereocenters. The van der Waals surface area contributed by atoms with Crippen molar-refractivity contribution in [3.8, 4) is 0 Å². The zero-order valence-electron chi connectivity index (χ0n) is 5.61. The number of carboxylic acids is 1. The lowest BCUT2D eigenvalue weighted by Gasteiger charge is -1.99. The number of carboxylic acid groups (broad SMARTS) is 1. The van der Waals surface area contributed by atoms with E-state index in [1.165, 1.54) is 18.2 Å². The SMILES string of the molecule is Nc1ccc(C(=O)O)c(S)c1. The molecule has 0 aromatic heterocycles. The van der Waals surface area contributed by atoms with Crippen molar-refractivity contribution >= 4 is 24.3 Å². The molecule has 0 saturated carbocycles. The molecule has 3 nitrogen and oxygen atoms in total. The summed E-state index contributed by atoms with van der Waals surface area (Å²) in [6.07, 6.45) is 0. The van der Waals surface area contributed by atoms with Gasteiger partial charge in [-0.1, -0.05) is 0 Å². The van der Waals surface area contributed by atoms with Gasteiger partial charge in [-0.05, 0) is 18.2 Å². The van der Waals surface area contributed by atoms with Gasteiger partial charge >= 0.3 is 5.97 Å². The van der Waals surface area contributed by atoms with Crippen LogP contribution >= 0.6 is 12.6 Å². The van der Waals surface area contributed by atoms with Gasteiger partial charge in [-0.15, -0.1) is 12.6 Å². The Kier molecular flexibility index (Phi) is 2.05. The fourth-order valence-electron chi connectivity index (χ4n) is 0.730. The topological polar surface area (TPSA) is 63.3 Å². The number of nitrogen functional groups attached to an aromatic ring is 1. The maximum Gasteiger partial charge on any atom is 0.336 e. The van der Waals surface area contributed by atoms with E-state index in [9.17, 15) is 4.79 Å². The second-order valence-corrected chi connectivity index (χ2v) is 2.56. The summed E-state index contributed by atoms with van der Waals surface area (Å²) in [6, 6.07) is 4.47. The minimum Gasteiger partial charge on any atom is -0.478 e. The van der Waals surface area contributed by atoms with E-state index in [0.717, 1.165) is 0 Å². The minimum atomic E-state index is -0.991. The standard InChI is InChI=1S/C7H7NO2S/c8-4-1-2-5(7(9)10)6(11)3-4/h1-3,11H,8H2,(H,9,10). The van der Waals surface area contributed by atoms with Crippen LogP contribution in [-0.2, 0) is 0 Å². The molecule has 58 valence electrons. The van der Waals surface area contributed by atoms with Gasteiger partial charge in [-0.2, -0.15) is 0 Å². The van der Waals surface area contributed by atoms with Crippen LogP contribution in [0.4, 0.5) is 5.69 Å². The molecule has 1 aromatic rings. The number of thiol groups is 1. The minimum absolute atomic E-state index is 0.169. The summed E-state index contributed by atoms with van der Waals surface area (Å²) in [5.74, 6) is -0.991. The summed E-state index contributed by atoms with van der Waals surface area (Å²) in [6.45, 7) is 0. The van der Waals surface area contributed by atoms with Crippen molar-refractivity contribution in [2.24, 2.45) is 0 Å². The smallest absolute Gasteiger partial charge is 0.336 e. The van der Waals surface area contributed by atoms with Crippen LogP contribution in [0.25, 0.3) is 0 Å². The Hall–Kier alpha value is -1.16. The Labute approximate surface area is 69.2 Å². The van der Waals surface area contributed by atoms with E-state index >= 15 is 0 Å². The maximum atomic E-state index is 10.4. The third kappa shape index (κ3) is 1.65. The van der Waals surface area contributed by atoms with Crippen LogP contribution in [0.1, 0.15) is 10.4 Å². The Morgan fingerprint density at radius 3 is 2.64 bits per heavy atom. The lowest BCUT2D eigenvalue weighted by atomic mass is 10.2. The highest BCUT2D eigenvalue weighted by molar-refractivity contribution is 7.80. The number of benzene rings is 1. The van der Waals surface area contributed by atoms with Crippen LogP contribution in [0.2, 0.25) is 0 Å². The molecule has 0 heterocycles. The number of rotatable bonds is 1. The van der Waals surface area contributed by atoms with Gasteiger partial charge in [0.15, 0.2) is 0 Å². The molecule has 0 atom stereocenters. The normalized spacial score (nSPS) is 9.55. The number of hydrogen-bond acceptors (Lipinski definition) is 3. The van der Waals surface area contributed by atoms with Gasteiger partial charge in [0.1, 0.15) is 0 Å². The average molecular weight is 169 g/mol. The second-order valence-electron chi connectivity index (χ2n) is 2.08. The van der Waals surface area contributed by atoms with E-state index in [-0.39, 0.29) is 5.56 Å². The Balaban J connectivity index is 3.20. The summed E-state index contributed by atoms with van der Waals surface area (Å²) < 4.78 is 0. The Morgan fingerprint density at radius 2 is 2.18 bits per heavy atom. The first-order valence-electron chi connectivity index (χ1n) is 2.93. The molecule has 0 amide bonds. The third-order valence-corrected chi connectivity index (χ3v) is 1.62. The van der Waals surface area contributed by atoms with Crippen molar-refractivity contribution in [1.82, 2.24) is 0 Å². The van der Waals surface area contributed by atoms with Crippen molar-refractivity contribution in [3.05, 3.63) is 23.8 Å². The number of hydrogen-bond donors (Lipinski definition) is 3. The molecule has 3 N–H and O–H groups in total. The van der Waals surface area contributed by atoms with Crippen LogP contribution in [0.5, 0.6) is 0 Å². The molecule has 0 aliphatic rings. The van der Waals surface area contributed by atoms with E-state index in [2.05, 4.69) is 12.6 Å². The van der Waals surface area contributed by atoms with Gasteiger partial charge in [0.05, 0.1) is 5.56 Å². The van der Waals surface area contributed by atoms with Crippen LogP contribution in [0.15, 0.2) is 23.1 Å². The summed E-state index contributed by atoms with van der Waals surface area (Å²) in [5.41, 5.74) is 6.07. The quantitative estimate of drug-likeness (QED) is 0.438. The van der Waals surface area contributed by atoms with Crippen LogP contribution in [0.3, 0.4) is 0 Å². The number of carbonyl (C=O) groups is 1. The maximum absolute atomic E-state index is 10.4. The van der Waals surface area contributed by atoms with Gasteiger partial charge in [-0.25, -0.2) is 4.79 Å². The Bertz CT molecular complexity index is 298. The van der Waals surface area contributed by atoms with E-state index < -0.39 is 5.97 Å². The summed E-state index contributed by atoms with van der Waals surface area (Å²) in [7, 11) is 0. The van der Waals surface area contributed by atoms with Crippen LogP contribution < -0.4 is 5.73 Å². The van der Waals surface area contributed by atoms with Crippen molar-refractivity contribution < 1.29 is 9.90 Å². The lowest BCUT2D eigenvalue weighted by Crippen LogP contribution is -1.98. The zero-order valence-corrected chi connectivity index (χ0v) is 6.51. The molecule has 11 heavy (non-hydrogen) atoms. The highest BCUT2D eigenvalue weighted by Gasteiger charge is 2.05. The summed E-state index contributed by atoms with van der Waals surface area (Å²) >= 11 is 3.95. The van der Waals surface area contributed by atoms with Crippen molar-refractivity contribution in [2.75, 3.05) is 5.73 Å². The molecule has 0 saturated heterocycles. The fourth-order valence-corrected chi connectivity index (χ4v) is 1.05. The van der Waals surface area contributed by atoms with Gasteiger partial charge in [0, 0.05) is 10.6 Å². The van der Waals surface area contributed by atoms with Gasteiger partial charge in [0.25, 0.3) is 0 Å². The highest BCUT2D eigenvalue weighted by atomic mass is 32.1. The average Bonchev–Trinajstić information content (AvgIpc) is 1.85. The van der Waals surface area contributed by atoms with Crippen molar-refractivity contribution in [3.63, 3.8) is 0 Å². The van der Waals surface area contributed by atoms with E-state index in [0.29, 0.717) is 10.6 Å². The van der Waals surface area contributed by atoms with E-state index in [1.807, 2.05) is 0 Å². The molecular weight excluding hydrogens is 162 g/mol. The molecule has 0 spiro atoms. The molecule has 0 radical (unpaired) electrons. The Morgan fingerprint density at radius 1 is 1.55 bits per heavy atom. The molecular formula is C7H7NO2S. The molecule has 4 heteroatoms. The van der Waals surface area contributed by atoms with Crippen molar-refractivity contribution in [1.29, 1.82) is 0 Å². The summed E-state index contributed by atoms with van der Waals surface area (Å²) in [5, 5.41) is 8.57. The van der Waals surface area contributed by atoms with Gasteiger partial charge in [0.2, 0.25) is 0 Å². The fraction of sp³-hybridized carbons (Fsp3) is 0. The van der Waals surface area contributed by atoms with Crippen LogP contribution in [0, 0.1) is 0 Å². The predicted octanol–water partition coefficient (Wildman–Crippen LogP) is 1.26. The number of nitrogens with two attached hydrogens (primary N) is 1. The molecule has 0 fully saturated rings. The lowest BCUT2D eigenvalue weighted by molar-refractivity contribution is 0.0693. The molecule has 0 bridgehead atoms. The van der Waals surface area contributed by atoms with Gasteiger partial charge in [-0.3, -0.25) is 0 Å². The monoisotopic (exact) mass is 169 g/mol. The largest absolute Gasteiger partial charge is 0.478 e. The number of aromatic carboxylic acids is 1. The van der Waals surface area contributed by atoms with Crippen molar-refractivity contribution in [2.45, 2.75) is 4.90 Å². The first-order valence-corrected chi connectivity index (χ1v) is 3.38. The highest BCUT2D eigenvalue weighted by Crippen LogP contribution is 2.16. The molecule has 1 rings (SSSR count). The predicted molar refractivity (Wildman–Crippen MR) is 45.1 cm³/mol. The molecule has 0 aliphatic heterocycles. The summed E-state index contributed by atoms with van der Waals surface area (Å²) in [4.78, 5) is 10.8. The molecule has 1 aromatic carbocycles. The van der Waals surface area contributed by atoms with Crippen LogP contribution in [-0.4, -0.2) is 11.1 Å². The second kappa shape index (κ2) is 2.84. The first-order chi connectivity index (χ1) is 5.11. The first kappa shape index (κ1) is 7.94. The molecule has 0 aliphatic carbocycles. The van der Waals surface area contributed by atoms with E-state index in [1.54, 1.807) is 0 Å². The third-order valence-electron chi connectivity index (χ3n) is 1.25. The zero-order chi connectivity index (χ0) is 8.43. The van der Waals surface area contributed by atoms with E-state index in [4.69, 9.17) is 10.8 Å². The number of anilines is 1.